The molecule has 1 unspecified atom stereocenters. The highest BCUT2D eigenvalue weighted by Gasteiger charge is 2.15. The minimum Gasteiger partial charge on any atom is -0.478 e. The molecule has 1 aliphatic rings. The van der Waals surface area contributed by atoms with Crippen LogP contribution in [0, 0.1) is 5.92 Å². The maximum absolute atomic E-state index is 11.6. The highest BCUT2D eigenvalue weighted by molar-refractivity contribution is 7.99. The first-order valence-electron chi connectivity index (χ1n) is 6.57. The predicted molar refractivity (Wildman–Crippen MR) is 79.1 cm³/mol. The number of benzene rings is 1. The first kappa shape index (κ1) is 14.7. The van der Waals surface area contributed by atoms with E-state index in [-0.39, 0.29) is 11.6 Å². The van der Waals surface area contributed by atoms with E-state index in [1.54, 1.807) is 18.2 Å². The Hall–Kier alpha value is -1.69. The monoisotopic (exact) mass is 294 g/mol. The Morgan fingerprint density at radius 3 is 2.90 bits per heavy atom. The van der Waals surface area contributed by atoms with Gasteiger partial charge in [-0.1, -0.05) is 12.1 Å². The quantitative estimate of drug-likeness (QED) is 0.775. The van der Waals surface area contributed by atoms with E-state index in [1.807, 2.05) is 11.8 Å². The first-order chi connectivity index (χ1) is 9.65. The number of rotatable bonds is 5. The Bertz CT molecular complexity index is 487. The Labute approximate surface area is 122 Å². The van der Waals surface area contributed by atoms with Gasteiger partial charge < -0.3 is 15.7 Å². The molecule has 0 aromatic heterocycles. The number of amides is 2. The fourth-order valence-electron chi connectivity index (χ4n) is 2.04. The number of hydrogen-bond donors (Lipinski definition) is 3. The largest absolute Gasteiger partial charge is 0.478 e. The van der Waals surface area contributed by atoms with Crippen LogP contribution >= 0.6 is 11.8 Å². The van der Waals surface area contributed by atoms with Crippen LogP contribution in [-0.4, -0.2) is 35.2 Å². The first-order valence-corrected chi connectivity index (χ1v) is 7.72. The zero-order valence-electron chi connectivity index (χ0n) is 11.1. The summed E-state index contributed by atoms with van der Waals surface area (Å²) in [5, 5.41) is 14.5. The number of urea groups is 1. The standard InChI is InChI=1S/C14H18N2O3S/c17-13(18)12-3-1-2-10(6-12)7-15-14(19)16-8-11-4-5-20-9-11/h1-3,6,11H,4-5,7-9H2,(H,17,18)(H2,15,16,19). The third kappa shape index (κ3) is 4.45. The second-order valence-corrected chi connectivity index (χ2v) is 5.95. The van der Waals surface area contributed by atoms with Gasteiger partial charge in [0.25, 0.3) is 0 Å². The highest BCUT2D eigenvalue weighted by Crippen LogP contribution is 2.22. The smallest absolute Gasteiger partial charge is 0.335 e. The number of hydrogen-bond acceptors (Lipinski definition) is 3. The Balaban J connectivity index is 1.75. The number of carboxylic acids is 1. The minimum absolute atomic E-state index is 0.206. The topological polar surface area (TPSA) is 78.4 Å². The molecule has 20 heavy (non-hydrogen) atoms. The molecule has 3 N–H and O–H groups in total. The Kier molecular flexibility index (Phi) is 5.29. The van der Waals surface area contributed by atoms with Crippen molar-refractivity contribution < 1.29 is 14.7 Å². The minimum atomic E-state index is -0.963. The van der Waals surface area contributed by atoms with E-state index in [0.29, 0.717) is 19.0 Å². The van der Waals surface area contributed by atoms with Crippen LogP contribution < -0.4 is 10.6 Å². The van der Waals surface area contributed by atoms with Crippen LogP contribution in [0.2, 0.25) is 0 Å². The Morgan fingerprint density at radius 2 is 2.20 bits per heavy atom. The Morgan fingerprint density at radius 1 is 1.35 bits per heavy atom. The van der Waals surface area contributed by atoms with E-state index in [4.69, 9.17) is 5.11 Å². The summed E-state index contributed by atoms with van der Waals surface area (Å²) in [6.07, 6.45) is 1.16. The van der Waals surface area contributed by atoms with E-state index in [0.717, 1.165) is 17.7 Å². The lowest BCUT2D eigenvalue weighted by Crippen LogP contribution is -2.37. The number of aromatic carboxylic acids is 1. The normalized spacial score (nSPS) is 17.7. The maximum Gasteiger partial charge on any atom is 0.335 e. The lowest BCUT2D eigenvalue weighted by Gasteiger charge is -2.11. The van der Waals surface area contributed by atoms with Crippen molar-refractivity contribution in [3.05, 3.63) is 35.4 Å². The molecular formula is C14H18N2O3S. The van der Waals surface area contributed by atoms with Gasteiger partial charge in [0.1, 0.15) is 0 Å². The highest BCUT2D eigenvalue weighted by atomic mass is 32.2. The molecule has 1 aliphatic heterocycles. The van der Waals surface area contributed by atoms with Crippen molar-refractivity contribution in [2.75, 3.05) is 18.1 Å². The summed E-state index contributed by atoms with van der Waals surface area (Å²) < 4.78 is 0. The molecule has 0 aliphatic carbocycles. The fraction of sp³-hybridized carbons (Fsp3) is 0.429. The summed E-state index contributed by atoms with van der Waals surface area (Å²) in [6, 6.07) is 6.36. The van der Waals surface area contributed by atoms with Crippen LogP contribution in [-0.2, 0) is 6.54 Å². The van der Waals surface area contributed by atoms with Gasteiger partial charge in [-0.25, -0.2) is 9.59 Å². The third-order valence-electron chi connectivity index (χ3n) is 3.20. The second-order valence-electron chi connectivity index (χ2n) is 4.80. The molecule has 0 saturated carbocycles. The van der Waals surface area contributed by atoms with Crippen LogP contribution in [0.1, 0.15) is 22.3 Å². The summed E-state index contributed by atoms with van der Waals surface area (Å²) in [6.45, 7) is 1.03. The summed E-state index contributed by atoms with van der Waals surface area (Å²) in [7, 11) is 0. The number of carboxylic acid groups (broad SMARTS) is 1. The lowest BCUT2D eigenvalue weighted by molar-refractivity contribution is 0.0696. The molecule has 1 heterocycles. The van der Waals surface area contributed by atoms with Crippen LogP contribution in [0.4, 0.5) is 4.79 Å². The van der Waals surface area contributed by atoms with Crippen LogP contribution in [0.5, 0.6) is 0 Å². The molecule has 1 fully saturated rings. The molecular weight excluding hydrogens is 276 g/mol. The van der Waals surface area contributed by atoms with Crippen molar-refractivity contribution in [3.63, 3.8) is 0 Å². The second kappa shape index (κ2) is 7.19. The molecule has 1 atom stereocenters. The van der Waals surface area contributed by atoms with Crippen molar-refractivity contribution >= 4 is 23.8 Å². The van der Waals surface area contributed by atoms with E-state index >= 15 is 0 Å². The molecule has 1 aromatic carbocycles. The average molecular weight is 294 g/mol. The van der Waals surface area contributed by atoms with Crippen molar-refractivity contribution in [2.45, 2.75) is 13.0 Å². The molecule has 0 radical (unpaired) electrons. The summed E-state index contributed by atoms with van der Waals surface area (Å²) in [5.74, 6) is 1.90. The molecule has 1 saturated heterocycles. The summed E-state index contributed by atoms with van der Waals surface area (Å²) in [5.41, 5.74) is 1.00. The summed E-state index contributed by atoms with van der Waals surface area (Å²) in [4.78, 5) is 22.5. The SMILES string of the molecule is O=C(NCc1cccc(C(=O)O)c1)NCC1CCSC1. The molecule has 6 heteroatoms. The van der Waals surface area contributed by atoms with Crippen LogP contribution in [0.25, 0.3) is 0 Å². The van der Waals surface area contributed by atoms with Crippen LogP contribution in [0.15, 0.2) is 24.3 Å². The number of carbonyl (C=O) groups is 2. The van der Waals surface area contributed by atoms with Gasteiger partial charge in [0.2, 0.25) is 0 Å². The van der Waals surface area contributed by atoms with Crippen molar-refractivity contribution in [1.29, 1.82) is 0 Å². The van der Waals surface area contributed by atoms with Gasteiger partial charge in [-0.3, -0.25) is 0 Å². The van der Waals surface area contributed by atoms with Crippen molar-refractivity contribution in [3.8, 4) is 0 Å². The predicted octanol–water partition coefficient (Wildman–Crippen LogP) is 1.94. The molecule has 2 rings (SSSR count). The van der Waals surface area contributed by atoms with Gasteiger partial charge in [0.05, 0.1) is 5.56 Å². The molecule has 1 aromatic rings. The number of nitrogens with one attached hydrogen (secondary N) is 2. The molecule has 0 spiro atoms. The van der Waals surface area contributed by atoms with E-state index in [2.05, 4.69) is 10.6 Å². The van der Waals surface area contributed by atoms with Gasteiger partial charge in [-0.05, 0) is 41.5 Å². The number of carbonyl (C=O) groups excluding carboxylic acids is 1. The van der Waals surface area contributed by atoms with E-state index in [9.17, 15) is 9.59 Å². The van der Waals surface area contributed by atoms with Gasteiger partial charge in [-0.15, -0.1) is 0 Å². The number of thioether (sulfide) groups is 1. The van der Waals surface area contributed by atoms with Gasteiger partial charge in [-0.2, -0.15) is 11.8 Å². The average Bonchev–Trinajstić information content (AvgIpc) is 2.96. The zero-order valence-corrected chi connectivity index (χ0v) is 11.9. The molecule has 108 valence electrons. The lowest BCUT2D eigenvalue weighted by atomic mass is 10.1. The van der Waals surface area contributed by atoms with Crippen molar-refractivity contribution in [1.82, 2.24) is 10.6 Å². The molecule has 5 nitrogen and oxygen atoms in total. The van der Waals surface area contributed by atoms with Gasteiger partial charge in [0.15, 0.2) is 0 Å². The third-order valence-corrected chi connectivity index (χ3v) is 4.43. The van der Waals surface area contributed by atoms with Gasteiger partial charge >= 0.3 is 12.0 Å². The van der Waals surface area contributed by atoms with E-state index < -0.39 is 5.97 Å². The van der Waals surface area contributed by atoms with Gasteiger partial charge in [0, 0.05) is 13.1 Å². The maximum atomic E-state index is 11.6. The van der Waals surface area contributed by atoms with E-state index in [1.165, 1.54) is 11.8 Å². The molecule has 2 amide bonds. The summed E-state index contributed by atoms with van der Waals surface area (Å²) >= 11 is 1.92. The van der Waals surface area contributed by atoms with Crippen LogP contribution in [0.3, 0.4) is 0 Å². The zero-order chi connectivity index (χ0) is 14.4. The fourth-order valence-corrected chi connectivity index (χ4v) is 3.33. The molecule has 0 bridgehead atoms. The van der Waals surface area contributed by atoms with Crippen molar-refractivity contribution in [2.24, 2.45) is 5.92 Å².